The molecule has 2 aliphatic rings. The normalized spacial score (nSPS) is 23.3. The van der Waals surface area contributed by atoms with Gasteiger partial charge in [0.1, 0.15) is 5.78 Å². The monoisotopic (exact) mass is 634 g/mol. The standard InChI is InChI=1S/C24H37ClF6O6S2/c1-3-17(16-25)10-8-9-15-36-21(33)22(23(26,27)28,24(29,30)31)39(34,35)37-38(2,18-11-4-5-12-18)20-14-7-6-13-19(20)32/h17-18,20H,3-16H2,1-2H3. The van der Waals surface area contributed by atoms with Crippen molar-refractivity contribution in [1.29, 1.82) is 0 Å². The summed E-state index contributed by atoms with van der Waals surface area (Å²) in [7, 11) is -10.2. The van der Waals surface area contributed by atoms with Crippen molar-refractivity contribution in [2.75, 3.05) is 18.7 Å². The van der Waals surface area contributed by atoms with Gasteiger partial charge in [0.25, 0.3) is 0 Å². The van der Waals surface area contributed by atoms with Gasteiger partial charge in [0.15, 0.2) is 0 Å². The smallest absolute Gasteiger partial charge is 0.430 e. The van der Waals surface area contributed by atoms with E-state index in [0.29, 0.717) is 63.7 Å². The largest absolute Gasteiger partial charge is 0.464 e. The summed E-state index contributed by atoms with van der Waals surface area (Å²) in [6, 6.07) is 0. The third kappa shape index (κ3) is 7.20. The first-order valence-corrected chi connectivity index (χ1v) is 17.1. The number of esters is 1. The highest BCUT2D eigenvalue weighted by molar-refractivity contribution is 8.34. The van der Waals surface area contributed by atoms with Crippen LogP contribution in [0.5, 0.6) is 0 Å². The molecule has 6 nitrogen and oxygen atoms in total. The molecule has 0 saturated heterocycles. The quantitative estimate of drug-likeness (QED) is 0.0941. The molecule has 15 heteroatoms. The van der Waals surface area contributed by atoms with E-state index >= 15 is 0 Å². The Labute approximate surface area is 232 Å². The van der Waals surface area contributed by atoms with E-state index in [1.165, 1.54) is 0 Å². The molecule has 0 aromatic carbocycles. The van der Waals surface area contributed by atoms with Crippen LogP contribution >= 0.6 is 21.9 Å². The summed E-state index contributed by atoms with van der Waals surface area (Å²) < 4.78 is 116. The highest BCUT2D eigenvalue weighted by Crippen LogP contribution is 2.65. The number of rotatable bonds is 13. The van der Waals surface area contributed by atoms with Crippen molar-refractivity contribution < 1.29 is 52.7 Å². The fraction of sp³-hybridized carbons (Fsp3) is 0.917. The van der Waals surface area contributed by atoms with Crippen LogP contribution < -0.4 is 0 Å². The summed E-state index contributed by atoms with van der Waals surface area (Å²) in [4.78, 5) is 25.4. The van der Waals surface area contributed by atoms with Gasteiger partial charge in [-0.3, -0.25) is 4.79 Å². The first-order valence-electron chi connectivity index (χ1n) is 13.1. The van der Waals surface area contributed by atoms with Crippen molar-refractivity contribution in [1.82, 2.24) is 0 Å². The number of carbonyl (C=O) groups excluding carboxylic acids is 2. The molecule has 230 valence electrons. The first kappa shape index (κ1) is 34.5. The third-order valence-electron chi connectivity index (χ3n) is 7.76. The molecule has 3 atom stereocenters. The number of ketones is 1. The van der Waals surface area contributed by atoms with Crippen molar-refractivity contribution in [3.63, 3.8) is 0 Å². The van der Waals surface area contributed by atoms with Gasteiger partial charge in [-0.1, -0.05) is 32.6 Å². The molecule has 3 unspecified atom stereocenters. The minimum atomic E-state index is -6.79. The van der Waals surface area contributed by atoms with Gasteiger partial charge >= 0.3 is 33.2 Å². The molecule has 0 N–H and O–H groups in total. The Hall–Kier alpha value is -0.730. The molecule has 0 spiro atoms. The van der Waals surface area contributed by atoms with E-state index in [0.717, 1.165) is 6.26 Å². The first-order chi connectivity index (χ1) is 18.0. The molecule has 0 aliphatic heterocycles. The second-order valence-corrected chi connectivity index (χ2v) is 15.9. The molecule has 2 rings (SSSR count). The lowest BCUT2D eigenvalue weighted by molar-refractivity contribution is -0.268. The Morgan fingerprint density at radius 3 is 2.05 bits per heavy atom. The predicted molar refractivity (Wildman–Crippen MR) is 137 cm³/mol. The predicted octanol–water partition coefficient (Wildman–Crippen LogP) is 6.98. The molecule has 0 bridgehead atoms. The number of ether oxygens (including phenoxy) is 1. The Morgan fingerprint density at radius 2 is 1.56 bits per heavy atom. The number of alkyl halides is 7. The number of unbranched alkanes of at least 4 members (excludes halogenated alkanes) is 1. The van der Waals surface area contributed by atoms with Gasteiger partial charge in [0.2, 0.25) is 0 Å². The molecule has 2 fully saturated rings. The van der Waals surface area contributed by atoms with Gasteiger partial charge < -0.3 is 4.74 Å². The van der Waals surface area contributed by atoms with Crippen LogP contribution in [0, 0.1) is 5.92 Å². The van der Waals surface area contributed by atoms with Crippen LogP contribution in [0.25, 0.3) is 0 Å². The van der Waals surface area contributed by atoms with Gasteiger partial charge in [-0.2, -0.15) is 34.8 Å². The Morgan fingerprint density at radius 1 is 1.00 bits per heavy atom. The third-order valence-corrected chi connectivity index (χ3v) is 14.9. The van der Waals surface area contributed by atoms with Gasteiger partial charge in [-0.25, -0.2) is 8.42 Å². The van der Waals surface area contributed by atoms with E-state index in [1.807, 2.05) is 6.92 Å². The number of carbonyl (C=O) groups is 2. The van der Waals surface area contributed by atoms with Crippen LogP contribution in [-0.4, -0.2) is 66.5 Å². The maximum Gasteiger partial charge on any atom is 0.430 e. The van der Waals surface area contributed by atoms with Crippen LogP contribution in [0.2, 0.25) is 0 Å². The highest BCUT2D eigenvalue weighted by atomic mass is 35.5. The average Bonchev–Trinajstić information content (AvgIpc) is 3.35. The zero-order valence-electron chi connectivity index (χ0n) is 22.0. The van der Waals surface area contributed by atoms with Gasteiger partial charge in [0.05, 0.1) is 11.9 Å². The van der Waals surface area contributed by atoms with E-state index in [4.69, 9.17) is 15.2 Å². The Bertz CT molecular complexity index is 934. The average molecular weight is 635 g/mol. The minimum Gasteiger partial charge on any atom is -0.464 e. The van der Waals surface area contributed by atoms with Crippen molar-refractivity contribution >= 4 is 43.8 Å². The molecule has 0 amide bonds. The van der Waals surface area contributed by atoms with Gasteiger partial charge in [-0.05, 0) is 57.1 Å². The number of Topliss-reactive ketones (excluding diaryl/α,β-unsaturated/α-hetero) is 1. The summed E-state index contributed by atoms with van der Waals surface area (Å²) in [6.45, 7) is 1.01. The molecule has 0 radical (unpaired) electrons. The molecule has 2 saturated carbocycles. The minimum absolute atomic E-state index is 0.0255. The Balaban J connectivity index is 2.47. The summed E-state index contributed by atoms with van der Waals surface area (Å²) in [5, 5.41) is -1.85. The molecule has 0 heterocycles. The van der Waals surface area contributed by atoms with Crippen molar-refractivity contribution in [2.24, 2.45) is 5.92 Å². The second-order valence-electron chi connectivity index (χ2n) is 10.3. The number of halogens is 7. The van der Waals surface area contributed by atoms with E-state index in [9.17, 15) is 44.3 Å². The van der Waals surface area contributed by atoms with Gasteiger partial charge in [0, 0.05) is 17.6 Å². The number of hydrogen-bond acceptors (Lipinski definition) is 6. The molecule has 39 heavy (non-hydrogen) atoms. The summed E-state index contributed by atoms with van der Waals surface area (Å²) >= 11 is 5.77. The lowest BCUT2D eigenvalue weighted by Gasteiger charge is -2.48. The highest BCUT2D eigenvalue weighted by Gasteiger charge is 2.86. The van der Waals surface area contributed by atoms with Crippen molar-refractivity contribution in [3.8, 4) is 0 Å². The van der Waals surface area contributed by atoms with Gasteiger partial charge in [-0.15, -0.1) is 21.9 Å². The van der Waals surface area contributed by atoms with E-state index in [-0.39, 0.29) is 25.2 Å². The van der Waals surface area contributed by atoms with Crippen LogP contribution in [0.4, 0.5) is 26.3 Å². The zero-order valence-corrected chi connectivity index (χ0v) is 24.4. The van der Waals surface area contributed by atoms with E-state index in [2.05, 4.69) is 4.74 Å². The maximum absolute atomic E-state index is 14.3. The topological polar surface area (TPSA) is 86.7 Å². The van der Waals surface area contributed by atoms with Crippen LogP contribution in [0.1, 0.15) is 84.0 Å². The second kappa shape index (κ2) is 13.5. The van der Waals surface area contributed by atoms with Crippen LogP contribution in [0.3, 0.4) is 0 Å². The summed E-state index contributed by atoms with van der Waals surface area (Å²) in [5.74, 6) is -3.08. The van der Waals surface area contributed by atoms with E-state index in [1.54, 1.807) is 0 Å². The lowest BCUT2D eigenvalue weighted by Crippen LogP contribution is -2.68. The zero-order chi connectivity index (χ0) is 29.7. The molecule has 0 aromatic heterocycles. The SMILES string of the molecule is CCC(CCl)CCCCOC(=O)C(C(F)(F)F)(C(F)(F)F)S(=O)(=O)OS(C)(C1CCCC1)C1CCCCC1=O. The van der Waals surface area contributed by atoms with Crippen LogP contribution in [0.15, 0.2) is 0 Å². The number of hydrogen-bond donors (Lipinski definition) is 0. The molecule has 0 aromatic rings. The summed E-state index contributed by atoms with van der Waals surface area (Å²) in [6.07, 6.45) is -7.98. The molecular weight excluding hydrogens is 598 g/mol. The summed E-state index contributed by atoms with van der Waals surface area (Å²) in [5.41, 5.74) is 0. The molecular formula is C24H37ClF6O6S2. The van der Waals surface area contributed by atoms with Crippen molar-refractivity contribution in [3.05, 3.63) is 0 Å². The van der Waals surface area contributed by atoms with Crippen LogP contribution in [-0.2, 0) is 28.1 Å². The maximum atomic E-state index is 14.3. The van der Waals surface area contributed by atoms with Crippen molar-refractivity contribution in [2.45, 2.75) is 112 Å². The Kier molecular flexibility index (Phi) is 11.9. The lowest BCUT2D eigenvalue weighted by atomic mass is 9.99. The fourth-order valence-electron chi connectivity index (χ4n) is 5.35. The fourth-order valence-corrected chi connectivity index (χ4v) is 12.3. The molecule has 2 aliphatic carbocycles. The van der Waals surface area contributed by atoms with E-state index < -0.39 is 66.4 Å².